The second kappa shape index (κ2) is 7.71. The largest absolute Gasteiger partial charge is 0.503 e. The van der Waals surface area contributed by atoms with Crippen molar-refractivity contribution in [1.82, 2.24) is 9.72 Å². The van der Waals surface area contributed by atoms with Crippen LogP contribution < -0.4 is 5.32 Å². The molecule has 0 aliphatic heterocycles. The number of nitrogens with one attached hydrogen (secondary N) is 1. The first-order valence-electron chi connectivity index (χ1n) is 9.45. The molecule has 0 aliphatic carbocycles. The van der Waals surface area contributed by atoms with Gasteiger partial charge in [-0.2, -0.15) is 0 Å². The third-order valence-corrected chi connectivity index (χ3v) is 5.17. The van der Waals surface area contributed by atoms with Crippen LogP contribution in [-0.4, -0.2) is 20.7 Å². The molecule has 6 nitrogen and oxygen atoms in total. The van der Waals surface area contributed by atoms with Gasteiger partial charge in [0.25, 0.3) is 5.91 Å². The number of hydrogen-bond acceptors (Lipinski definition) is 4. The molecule has 0 radical (unpaired) electrons. The number of anilines is 1. The molecule has 1 amide bonds. The first kappa shape index (κ1) is 20.3. The molecular weight excluding hydrogens is 404 g/mol. The number of nitrogens with zero attached hydrogens (tertiary/aromatic N) is 2. The van der Waals surface area contributed by atoms with Crippen molar-refractivity contribution in [2.24, 2.45) is 7.05 Å². The minimum absolute atomic E-state index is 0.0336. The van der Waals surface area contributed by atoms with Crippen molar-refractivity contribution in [3.8, 4) is 28.3 Å². The zero-order valence-corrected chi connectivity index (χ0v) is 17.0. The minimum atomic E-state index is -0.853. The van der Waals surface area contributed by atoms with Crippen LogP contribution in [0.2, 0.25) is 0 Å². The van der Waals surface area contributed by atoms with E-state index in [2.05, 4.69) is 10.5 Å². The molecular formula is C23H19F2N3O3. The van der Waals surface area contributed by atoms with Crippen molar-refractivity contribution in [3.05, 3.63) is 77.2 Å². The summed E-state index contributed by atoms with van der Waals surface area (Å²) in [6.45, 7) is 3.52. The van der Waals surface area contributed by atoms with E-state index in [0.29, 0.717) is 22.7 Å². The lowest BCUT2D eigenvalue weighted by Crippen LogP contribution is -2.17. The standard InChI is InChI=1S/C23H19F2N3O3/c1-12-7-8-14(20-22(29)13(2)31-27-20)11-15(12)18-9-10-19(28(18)3)23(30)26-21-16(24)5-4-6-17(21)25/h4-11,29H,1-3H3,(H,26,30). The summed E-state index contributed by atoms with van der Waals surface area (Å²) in [6, 6.07) is 12.2. The summed E-state index contributed by atoms with van der Waals surface area (Å²) in [5.41, 5.74) is 3.13. The Labute approximate surface area is 176 Å². The SMILES string of the molecule is Cc1ccc(-c2noc(C)c2O)cc1-c1ccc(C(=O)Nc2c(F)cccc2F)n1C. The van der Waals surface area contributed by atoms with Gasteiger partial charge in [0, 0.05) is 30.8 Å². The number of carbonyl (C=O) groups is 1. The van der Waals surface area contributed by atoms with E-state index >= 15 is 0 Å². The molecule has 8 heteroatoms. The highest BCUT2D eigenvalue weighted by molar-refractivity contribution is 6.04. The van der Waals surface area contributed by atoms with E-state index in [1.54, 1.807) is 30.7 Å². The molecule has 0 spiro atoms. The monoisotopic (exact) mass is 423 g/mol. The van der Waals surface area contributed by atoms with Crippen LogP contribution in [0.1, 0.15) is 21.8 Å². The van der Waals surface area contributed by atoms with Gasteiger partial charge in [0.2, 0.25) is 0 Å². The van der Waals surface area contributed by atoms with Gasteiger partial charge in [-0.3, -0.25) is 4.79 Å². The van der Waals surface area contributed by atoms with Crippen LogP contribution in [0.4, 0.5) is 14.5 Å². The fraction of sp³-hybridized carbons (Fsp3) is 0.130. The van der Waals surface area contributed by atoms with Crippen molar-refractivity contribution >= 4 is 11.6 Å². The number of aromatic nitrogens is 2. The number of carbonyl (C=O) groups excluding carboxylic acids is 1. The molecule has 2 N–H and O–H groups in total. The summed E-state index contributed by atoms with van der Waals surface area (Å²) in [5.74, 6) is -2.07. The van der Waals surface area contributed by atoms with Crippen LogP contribution in [0.25, 0.3) is 22.5 Å². The maximum atomic E-state index is 13.9. The average Bonchev–Trinajstić information content (AvgIpc) is 3.28. The maximum absolute atomic E-state index is 13.9. The van der Waals surface area contributed by atoms with Crippen molar-refractivity contribution in [3.63, 3.8) is 0 Å². The third kappa shape index (κ3) is 3.56. The second-order valence-corrected chi connectivity index (χ2v) is 7.18. The summed E-state index contributed by atoms with van der Waals surface area (Å²) in [4.78, 5) is 12.7. The van der Waals surface area contributed by atoms with Crippen LogP contribution in [0.3, 0.4) is 0 Å². The van der Waals surface area contributed by atoms with Crippen molar-refractivity contribution in [1.29, 1.82) is 0 Å². The molecule has 2 aromatic carbocycles. The Hall–Kier alpha value is -3.94. The molecule has 0 unspecified atom stereocenters. The van der Waals surface area contributed by atoms with Crippen LogP contribution in [-0.2, 0) is 7.05 Å². The number of halogens is 2. The Balaban J connectivity index is 1.71. The first-order chi connectivity index (χ1) is 14.8. The van der Waals surface area contributed by atoms with Gasteiger partial charge in [-0.05, 0) is 42.8 Å². The summed E-state index contributed by atoms with van der Waals surface area (Å²) in [7, 11) is 1.69. The van der Waals surface area contributed by atoms with E-state index in [0.717, 1.165) is 23.3 Å². The fourth-order valence-corrected chi connectivity index (χ4v) is 3.41. The number of amides is 1. The normalized spacial score (nSPS) is 11.0. The van der Waals surface area contributed by atoms with Crippen molar-refractivity contribution in [2.75, 3.05) is 5.32 Å². The van der Waals surface area contributed by atoms with Crippen LogP contribution in [0, 0.1) is 25.5 Å². The third-order valence-electron chi connectivity index (χ3n) is 5.17. The van der Waals surface area contributed by atoms with Gasteiger partial charge < -0.3 is 19.5 Å². The fourth-order valence-electron chi connectivity index (χ4n) is 3.41. The number of benzene rings is 2. The van der Waals surface area contributed by atoms with Gasteiger partial charge in [-0.25, -0.2) is 8.78 Å². The van der Waals surface area contributed by atoms with Gasteiger partial charge in [0.05, 0.1) is 0 Å². The summed E-state index contributed by atoms with van der Waals surface area (Å²) < 4.78 is 34.5. The predicted octanol–water partition coefficient (Wildman–Crippen LogP) is 5.20. The lowest BCUT2D eigenvalue weighted by Gasteiger charge is -2.12. The lowest BCUT2D eigenvalue weighted by atomic mass is 10.0. The molecule has 158 valence electrons. The molecule has 0 saturated carbocycles. The first-order valence-corrected chi connectivity index (χ1v) is 9.45. The molecule has 0 bridgehead atoms. The van der Waals surface area contributed by atoms with Gasteiger partial charge in [-0.15, -0.1) is 0 Å². The average molecular weight is 423 g/mol. The molecule has 4 rings (SSSR count). The topological polar surface area (TPSA) is 80.3 Å². The Bertz CT molecular complexity index is 1290. The predicted molar refractivity (Wildman–Crippen MR) is 112 cm³/mol. The summed E-state index contributed by atoms with van der Waals surface area (Å²) in [6.07, 6.45) is 0. The van der Waals surface area contributed by atoms with E-state index in [-0.39, 0.29) is 11.4 Å². The summed E-state index contributed by atoms with van der Waals surface area (Å²) in [5, 5.41) is 16.4. The highest BCUT2D eigenvalue weighted by atomic mass is 19.1. The van der Waals surface area contributed by atoms with Gasteiger partial charge in [0.1, 0.15) is 23.0 Å². The number of aryl methyl sites for hydroxylation is 2. The molecule has 31 heavy (non-hydrogen) atoms. The van der Waals surface area contributed by atoms with E-state index in [1.165, 1.54) is 6.07 Å². The van der Waals surface area contributed by atoms with E-state index < -0.39 is 23.2 Å². The molecule has 0 atom stereocenters. The zero-order chi connectivity index (χ0) is 22.3. The van der Waals surface area contributed by atoms with Crippen molar-refractivity contribution in [2.45, 2.75) is 13.8 Å². The van der Waals surface area contributed by atoms with Gasteiger partial charge in [-0.1, -0.05) is 23.4 Å². The zero-order valence-electron chi connectivity index (χ0n) is 17.0. The summed E-state index contributed by atoms with van der Waals surface area (Å²) >= 11 is 0. The molecule has 2 heterocycles. The van der Waals surface area contributed by atoms with Crippen LogP contribution in [0.15, 0.2) is 53.1 Å². The number of rotatable bonds is 4. The highest BCUT2D eigenvalue weighted by Crippen LogP contribution is 2.35. The number of hydrogen-bond donors (Lipinski definition) is 2. The quantitative estimate of drug-likeness (QED) is 0.473. The van der Waals surface area contributed by atoms with E-state index in [9.17, 15) is 18.7 Å². The van der Waals surface area contributed by atoms with Gasteiger partial charge >= 0.3 is 0 Å². The molecule has 4 aromatic rings. The lowest BCUT2D eigenvalue weighted by molar-refractivity contribution is 0.101. The molecule has 0 saturated heterocycles. The van der Waals surface area contributed by atoms with Crippen LogP contribution in [0.5, 0.6) is 5.75 Å². The van der Waals surface area contributed by atoms with E-state index in [1.807, 2.05) is 25.1 Å². The smallest absolute Gasteiger partial charge is 0.272 e. The number of para-hydroxylation sites is 1. The Kier molecular flexibility index (Phi) is 5.06. The van der Waals surface area contributed by atoms with Crippen molar-refractivity contribution < 1.29 is 23.2 Å². The Morgan fingerprint density at radius 2 is 1.81 bits per heavy atom. The Morgan fingerprint density at radius 3 is 2.45 bits per heavy atom. The molecule has 0 aliphatic rings. The number of aromatic hydroxyl groups is 1. The molecule has 2 aromatic heterocycles. The Morgan fingerprint density at radius 1 is 1.10 bits per heavy atom. The van der Waals surface area contributed by atoms with Crippen LogP contribution >= 0.6 is 0 Å². The van der Waals surface area contributed by atoms with E-state index in [4.69, 9.17) is 4.52 Å². The van der Waals surface area contributed by atoms with Gasteiger partial charge in [0.15, 0.2) is 17.2 Å². The second-order valence-electron chi connectivity index (χ2n) is 7.18. The highest BCUT2D eigenvalue weighted by Gasteiger charge is 2.20. The molecule has 0 fully saturated rings. The maximum Gasteiger partial charge on any atom is 0.272 e. The minimum Gasteiger partial charge on any atom is -0.503 e.